The van der Waals surface area contributed by atoms with Gasteiger partial charge in [-0.25, -0.2) is 4.79 Å². The molecule has 1 amide bonds. The number of aliphatic carboxylic acids is 1. The zero-order valence-electron chi connectivity index (χ0n) is 13.7. The first-order chi connectivity index (χ1) is 11.0. The molecule has 0 aliphatic carbocycles. The third-order valence-corrected chi connectivity index (χ3v) is 3.59. The Morgan fingerprint density at radius 2 is 1.96 bits per heavy atom. The SMILES string of the molecule is C=CCOCC(NC(=O)CC(c1ccccc1)C(C)C)C(=O)O. The number of carboxylic acids is 1. The summed E-state index contributed by atoms with van der Waals surface area (Å²) in [5.74, 6) is -1.09. The predicted octanol–water partition coefficient (Wildman–Crippen LogP) is 2.59. The molecule has 2 N–H and O–H groups in total. The lowest BCUT2D eigenvalue weighted by molar-refractivity contribution is -0.143. The molecule has 1 rings (SSSR count). The van der Waals surface area contributed by atoms with Crippen molar-refractivity contribution in [3.8, 4) is 0 Å². The van der Waals surface area contributed by atoms with Crippen LogP contribution in [0.2, 0.25) is 0 Å². The minimum absolute atomic E-state index is 0.0414. The minimum atomic E-state index is -1.11. The van der Waals surface area contributed by atoms with Gasteiger partial charge in [0.15, 0.2) is 6.04 Å². The summed E-state index contributed by atoms with van der Waals surface area (Å²) in [5, 5.41) is 11.7. The predicted molar refractivity (Wildman–Crippen MR) is 89.2 cm³/mol. The van der Waals surface area contributed by atoms with Gasteiger partial charge < -0.3 is 15.2 Å². The molecule has 23 heavy (non-hydrogen) atoms. The molecule has 5 nitrogen and oxygen atoms in total. The van der Waals surface area contributed by atoms with Crippen LogP contribution in [0.25, 0.3) is 0 Å². The maximum Gasteiger partial charge on any atom is 0.328 e. The van der Waals surface area contributed by atoms with Crippen LogP contribution in [-0.4, -0.2) is 36.2 Å². The summed E-state index contributed by atoms with van der Waals surface area (Å²) in [6.07, 6.45) is 1.78. The van der Waals surface area contributed by atoms with E-state index in [1.807, 2.05) is 44.2 Å². The molecule has 0 aliphatic heterocycles. The fourth-order valence-electron chi connectivity index (χ4n) is 2.34. The van der Waals surface area contributed by atoms with Gasteiger partial charge in [-0.05, 0) is 17.4 Å². The Bertz CT molecular complexity index is 513. The van der Waals surface area contributed by atoms with Crippen molar-refractivity contribution < 1.29 is 19.4 Å². The zero-order valence-corrected chi connectivity index (χ0v) is 13.7. The summed E-state index contributed by atoms with van der Waals surface area (Å²) in [7, 11) is 0. The lowest BCUT2D eigenvalue weighted by Gasteiger charge is -2.22. The van der Waals surface area contributed by atoms with Gasteiger partial charge in [-0.1, -0.05) is 50.3 Å². The number of carbonyl (C=O) groups excluding carboxylic acids is 1. The molecule has 0 heterocycles. The van der Waals surface area contributed by atoms with Crippen molar-refractivity contribution in [1.29, 1.82) is 0 Å². The molecule has 0 spiro atoms. The molecular weight excluding hydrogens is 294 g/mol. The van der Waals surface area contributed by atoms with E-state index in [0.29, 0.717) is 0 Å². The molecule has 0 saturated heterocycles. The number of rotatable bonds is 10. The van der Waals surface area contributed by atoms with E-state index < -0.39 is 12.0 Å². The molecule has 0 bridgehead atoms. The maximum atomic E-state index is 12.2. The second-order valence-electron chi connectivity index (χ2n) is 5.75. The highest BCUT2D eigenvalue weighted by molar-refractivity contribution is 5.84. The number of amides is 1. The summed E-state index contributed by atoms with van der Waals surface area (Å²) in [5.41, 5.74) is 1.08. The average Bonchev–Trinajstić information content (AvgIpc) is 2.52. The summed E-state index contributed by atoms with van der Waals surface area (Å²) in [6, 6.07) is 8.72. The number of carboxylic acid groups (broad SMARTS) is 1. The van der Waals surface area contributed by atoms with Crippen molar-refractivity contribution in [2.45, 2.75) is 32.2 Å². The molecule has 1 aromatic carbocycles. The Hall–Kier alpha value is -2.14. The van der Waals surface area contributed by atoms with Crippen molar-refractivity contribution in [3.63, 3.8) is 0 Å². The summed E-state index contributed by atoms with van der Waals surface area (Å²) >= 11 is 0. The largest absolute Gasteiger partial charge is 0.480 e. The first kappa shape index (κ1) is 18.9. The standard InChI is InChI=1S/C18H25NO4/c1-4-10-23-12-16(18(21)22)19-17(20)11-15(13(2)3)14-8-6-5-7-9-14/h4-9,13,15-16H,1,10-12H2,2-3H3,(H,19,20)(H,21,22). The van der Waals surface area contributed by atoms with E-state index in [2.05, 4.69) is 11.9 Å². The first-order valence-corrected chi connectivity index (χ1v) is 7.71. The number of hydrogen-bond donors (Lipinski definition) is 2. The molecule has 0 aliphatic rings. The molecule has 2 atom stereocenters. The van der Waals surface area contributed by atoms with Gasteiger partial charge in [0.1, 0.15) is 0 Å². The highest BCUT2D eigenvalue weighted by Gasteiger charge is 2.24. The van der Waals surface area contributed by atoms with E-state index in [9.17, 15) is 9.59 Å². The van der Waals surface area contributed by atoms with Crippen molar-refractivity contribution in [2.24, 2.45) is 5.92 Å². The normalized spacial score (nSPS) is 13.3. The summed E-state index contributed by atoms with van der Waals surface area (Å²) in [6.45, 7) is 7.76. The van der Waals surface area contributed by atoms with Crippen LogP contribution >= 0.6 is 0 Å². The number of nitrogens with one attached hydrogen (secondary N) is 1. The Labute approximate surface area is 137 Å². The fraction of sp³-hybridized carbons (Fsp3) is 0.444. The van der Waals surface area contributed by atoms with Gasteiger partial charge in [-0.15, -0.1) is 6.58 Å². The number of ether oxygens (including phenoxy) is 1. The molecule has 2 unspecified atom stereocenters. The van der Waals surface area contributed by atoms with Crippen LogP contribution in [0.3, 0.4) is 0 Å². The number of benzene rings is 1. The first-order valence-electron chi connectivity index (χ1n) is 7.71. The van der Waals surface area contributed by atoms with Gasteiger partial charge in [0, 0.05) is 6.42 Å². The topological polar surface area (TPSA) is 75.6 Å². The van der Waals surface area contributed by atoms with Crippen LogP contribution in [0, 0.1) is 5.92 Å². The average molecular weight is 319 g/mol. The third kappa shape index (κ3) is 6.65. The van der Waals surface area contributed by atoms with Crippen molar-refractivity contribution in [1.82, 2.24) is 5.32 Å². The van der Waals surface area contributed by atoms with Crippen molar-refractivity contribution in [3.05, 3.63) is 48.6 Å². The highest BCUT2D eigenvalue weighted by atomic mass is 16.5. The molecule has 126 valence electrons. The number of hydrogen-bond acceptors (Lipinski definition) is 3. The van der Waals surface area contributed by atoms with E-state index in [1.54, 1.807) is 0 Å². The quantitative estimate of drug-likeness (QED) is 0.513. The van der Waals surface area contributed by atoms with Crippen LogP contribution in [0.1, 0.15) is 31.7 Å². The van der Waals surface area contributed by atoms with E-state index >= 15 is 0 Å². The van der Waals surface area contributed by atoms with E-state index in [-0.39, 0.29) is 37.4 Å². The lowest BCUT2D eigenvalue weighted by atomic mass is 9.85. The highest BCUT2D eigenvalue weighted by Crippen LogP contribution is 2.27. The van der Waals surface area contributed by atoms with Gasteiger partial charge >= 0.3 is 5.97 Å². The zero-order chi connectivity index (χ0) is 17.2. The van der Waals surface area contributed by atoms with Crippen molar-refractivity contribution >= 4 is 11.9 Å². The van der Waals surface area contributed by atoms with Gasteiger partial charge in [-0.3, -0.25) is 4.79 Å². The second-order valence-corrected chi connectivity index (χ2v) is 5.75. The van der Waals surface area contributed by atoms with Crippen molar-refractivity contribution in [2.75, 3.05) is 13.2 Å². The third-order valence-electron chi connectivity index (χ3n) is 3.59. The number of carbonyl (C=O) groups is 2. The Balaban J connectivity index is 2.67. The Morgan fingerprint density at radius 3 is 2.48 bits per heavy atom. The minimum Gasteiger partial charge on any atom is -0.480 e. The van der Waals surface area contributed by atoms with Gasteiger partial charge in [-0.2, -0.15) is 0 Å². The van der Waals surface area contributed by atoms with Crippen LogP contribution in [0.5, 0.6) is 0 Å². The second kappa shape index (κ2) is 9.79. The lowest BCUT2D eigenvalue weighted by Crippen LogP contribution is -2.44. The monoisotopic (exact) mass is 319 g/mol. The van der Waals surface area contributed by atoms with Gasteiger partial charge in [0.05, 0.1) is 13.2 Å². The molecule has 5 heteroatoms. The van der Waals surface area contributed by atoms with Gasteiger partial charge in [0.2, 0.25) is 5.91 Å². The Morgan fingerprint density at radius 1 is 1.30 bits per heavy atom. The molecule has 0 saturated carbocycles. The smallest absolute Gasteiger partial charge is 0.328 e. The maximum absolute atomic E-state index is 12.2. The van der Waals surface area contributed by atoms with Crippen LogP contribution in [0.15, 0.2) is 43.0 Å². The van der Waals surface area contributed by atoms with E-state index in [1.165, 1.54) is 6.08 Å². The van der Waals surface area contributed by atoms with E-state index in [4.69, 9.17) is 9.84 Å². The fourth-order valence-corrected chi connectivity index (χ4v) is 2.34. The summed E-state index contributed by atoms with van der Waals surface area (Å²) < 4.78 is 5.13. The molecule has 1 aromatic rings. The molecule has 0 radical (unpaired) electrons. The molecular formula is C18H25NO4. The van der Waals surface area contributed by atoms with Crippen LogP contribution in [-0.2, 0) is 14.3 Å². The Kier molecular flexibility index (Phi) is 8.05. The van der Waals surface area contributed by atoms with Crippen LogP contribution < -0.4 is 5.32 Å². The van der Waals surface area contributed by atoms with E-state index in [0.717, 1.165) is 5.56 Å². The summed E-state index contributed by atoms with van der Waals surface area (Å²) in [4.78, 5) is 23.4. The van der Waals surface area contributed by atoms with Gasteiger partial charge in [0.25, 0.3) is 0 Å². The molecule has 0 fully saturated rings. The van der Waals surface area contributed by atoms with Crippen LogP contribution in [0.4, 0.5) is 0 Å². The molecule has 0 aromatic heterocycles.